The molecule has 0 bridgehead atoms. The van der Waals surface area contributed by atoms with Gasteiger partial charge in [-0.2, -0.15) is 0 Å². The van der Waals surface area contributed by atoms with Gasteiger partial charge in [0.25, 0.3) is 5.56 Å². The van der Waals surface area contributed by atoms with Gasteiger partial charge < -0.3 is 19.6 Å². The van der Waals surface area contributed by atoms with E-state index in [2.05, 4.69) is 34.3 Å². The molecule has 1 saturated heterocycles. The van der Waals surface area contributed by atoms with Crippen LogP contribution in [0.4, 0.5) is 4.39 Å². The van der Waals surface area contributed by atoms with Crippen molar-refractivity contribution in [3.05, 3.63) is 47.0 Å². The third kappa shape index (κ3) is 3.47. The van der Waals surface area contributed by atoms with E-state index in [4.69, 9.17) is 0 Å². The molecular weight excluding hydrogens is 423 g/mol. The summed E-state index contributed by atoms with van der Waals surface area (Å²) in [6.45, 7) is 7.92. The highest BCUT2D eigenvalue weighted by molar-refractivity contribution is 5.87. The van der Waals surface area contributed by atoms with Crippen LogP contribution in [0.3, 0.4) is 0 Å². The zero-order valence-electron chi connectivity index (χ0n) is 19.3. The molecule has 0 aliphatic carbocycles. The van der Waals surface area contributed by atoms with Crippen LogP contribution >= 0.6 is 0 Å². The van der Waals surface area contributed by atoms with Gasteiger partial charge in [-0.1, -0.05) is 0 Å². The van der Waals surface area contributed by atoms with Crippen LogP contribution < -0.4 is 10.9 Å². The maximum absolute atomic E-state index is 15.5. The molecule has 2 atom stereocenters. The molecule has 1 fully saturated rings. The molecule has 9 heteroatoms. The van der Waals surface area contributed by atoms with Gasteiger partial charge in [0.05, 0.1) is 29.0 Å². The number of phenols is 1. The number of phenolic OH excluding ortho intramolecular Hbond substituents is 1. The maximum Gasteiger partial charge on any atom is 0.269 e. The van der Waals surface area contributed by atoms with Gasteiger partial charge in [-0.05, 0) is 52.3 Å². The molecule has 1 aromatic carbocycles. The van der Waals surface area contributed by atoms with E-state index >= 15 is 4.39 Å². The quantitative estimate of drug-likeness (QED) is 0.485. The molecule has 33 heavy (non-hydrogen) atoms. The van der Waals surface area contributed by atoms with Gasteiger partial charge in [0.2, 0.25) is 0 Å². The third-order valence-electron chi connectivity index (χ3n) is 6.60. The first kappa shape index (κ1) is 21.5. The molecule has 0 radical (unpaired) electrons. The minimum absolute atomic E-state index is 0.0238. The van der Waals surface area contributed by atoms with Crippen molar-refractivity contribution in [2.24, 2.45) is 7.05 Å². The molecule has 0 unspecified atom stereocenters. The van der Waals surface area contributed by atoms with E-state index in [1.54, 1.807) is 13.1 Å². The number of benzene rings is 1. The topological polar surface area (TPSA) is 97.9 Å². The van der Waals surface area contributed by atoms with E-state index in [0.717, 1.165) is 5.39 Å². The largest absolute Gasteiger partial charge is 0.507 e. The highest BCUT2D eigenvalue weighted by atomic mass is 19.1. The summed E-state index contributed by atoms with van der Waals surface area (Å²) in [5.74, 6) is -0.0238. The van der Waals surface area contributed by atoms with Gasteiger partial charge in [0, 0.05) is 41.3 Å². The van der Waals surface area contributed by atoms with Gasteiger partial charge in [0.15, 0.2) is 5.65 Å². The average Bonchev–Trinajstić information content (AvgIpc) is 3.16. The van der Waals surface area contributed by atoms with E-state index in [0.29, 0.717) is 34.4 Å². The van der Waals surface area contributed by atoms with Crippen molar-refractivity contribution in [1.29, 1.82) is 0 Å². The second-order valence-electron chi connectivity index (χ2n) is 10.1. The van der Waals surface area contributed by atoms with Crippen LogP contribution in [0, 0.1) is 0 Å². The Morgan fingerprint density at radius 1 is 1.18 bits per heavy atom. The molecule has 3 aromatic heterocycles. The lowest BCUT2D eigenvalue weighted by Crippen LogP contribution is -2.64. The smallest absolute Gasteiger partial charge is 0.269 e. The molecule has 4 aromatic rings. The van der Waals surface area contributed by atoms with E-state index < -0.39 is 11.7 Å². The van der Waals surface area contributed by atoms with Crippen LogP contribution in [0.25, 0.3) is 33.3 Å². The summed E-state index contributed by atoms with van der Waals surface area (Å²) in [6, 6.07) is 6.53. The Labute approximate surface area is 190 Å². The summed E-state index contributed by atoms with van der Waals surface area (Å²) in [6.07, 6.45) is 2.61. The van der Waals surface area contributed by atoms with Crippen LogP contribution in [0.15, 0.2) is 41.5 Å². The first-order valence-corrected chi connectivity index (χ1v) is 10.9. The molecule has 0 amide bonds. The van der Waals surface area contributed by atoms with Crippen molar-refractivity contribution in [3.63, 3.8) is 0 Å². The number of hydrogen-bond acceptors (Lipinski definition) is 6. The molecule has 2 N–H and O–H groups in total. The zero-order valence-corrected chi connectivity index (χ0v) is 19.3. The van der Waals surface area contributed by atoms with Crippen LogP contribution in [0.2, 0.25) is 0 Å². The number of aromatic nitrogens is 5. The number of aromatic hydroxyl groups is 1. The molecule has 8 nitrogen and oxygen atoms in total. The minimum Gasteiger partial charge on any atom is -0.507 e. The van der Waals surface area contributed by atoms with Crippen LogP contribution in [0.5, 0.6) is 5.75 Å². The fourth-order valence-corrected chi connectivity index (χ4v) is 5.17. The zero-order chi connectivity index (χ0) is 23.7. The first-order valence-electron chi connectivity index (χ1n) is 10.9. The monoisotopic (exact) mass is 450 g/mol. The van der Waals surface area contributed by atoms with Gasteiger partial charge >= 0.3 is 0 Å². The fourth-order valence-electron chi connectivity index (χ4n) is 5.17. The van der Waals surface area contributed by atoms with E-state index in [1.807, 2.05) is 36.7 Å². The molecule has 4 heterocycles. The van der Waals surface area contributed by atoms with Crippen molar-refractivity contribution in [2.75, 3.05) is 0 Å². The summed E-state index contributed by atoms with van der Waals surface area (Å²) in [7, 11) is 1.63. The van der Waals surface area contributed by atoms with Gasteiger partial charge in [0.1, 0.15) is 11.9 Å². The van der Waals surface area contributed by atoms with E-state index in [-0.39, 0.29) is 22.9 Å². The standard InChI is InChI=1S/C24H27FN6O2/c1-23(2)11-18(21(25)24(3,4)29-23)31-7-6-13-8-15(27-28-22(13)31)14-9-16-17(10-19(14)32)30(5)20(33)12-26-16/h6-10,12,18,21,29,32H,11H2,1-5H3/t18-,21-/m0/s1. The number of halogens is 1. The van der Waals surface area contributed by atoms with Crippen molar-refractivity contribution in [3.8, 4) is 17.0 Å². The third-order valence-corrected chi connectivity index (χ3v) is 6.60. The maximum atomic E-state index is 15.5. The lowest BCUT2D eigenvalue weighted by Gasteiger charge is -2.49. The summed E-state index contributed by atoms with van der Waals surface area (Å²) in [5, 5.41) is 23.6. The molecule has 1 aliphatic rings. The van der Waals surface area contributed by atoms with E-state index in [9.17, 15) is 9.90 Å². The molecular formula is C24H27FN6O2. The summed E-state index contributed by atoms with van der Waals surface area (Å²) < 4.78 is 18.8. The average molecular weight is 451 g/mol. The Morgan fingerprint density at radius 2 is 1.94 bits per heavy atom. The van der Waals surface area contributed by atoms with Crippen molar-refractivity contribution in [2.45, 2.75) is 57.4 Å². The molecule has 5 rings (SSSR count). The van der Waals surface area contributed by atoms with Gasteiger partial charge in [-0.15, -0.1) is 10.2 Å². The van der Waals surface area contributed by atoms with Crippen molar-refractivity contribution in [1.82, 2.24) is 29.6 Å². The second-order valence-corrected chi connectivity index (χ2v) is 10.1. The van der Waals surface area contributed by atoms with Crippen LogP contribution in [-0.2, 0) is 7.05 Å². The number of fused-ring (bicyclic) bond motifs is 2. The Hall–Kier alpha value is -3.33. The number of rotatable bonds is 2. The van der Waals surface area contributed by atoms with Crippen LogP contribution in [0.1, 0.15) is 40.2 Å². The lowest BCUT2D eigenvalue weighted by molar-refractivity contribution is 0.0313. The number of nitrogens with zero attached hydrogens (tertiary/aromatic N) is 5. The predicted molar refractivity (Wildman–Crippen MR) is 125 cm³/mol. The molecule has 1 aliphatic heterocycles. The van der Waals surface area contributed by atoms with Crippen LogP contribution in [-0.4, -0.2) is 46.7 Å². The number of piperidine rings is 1. The first-order chi connectivity index (χ1) is 15.5. The summed E-state index contributed by atoms with van der Waals surface area (Å²) in [4.78, 5) is 16.0. The van der Waals surface area contributed by atoms with Gasteiger partial charge in [-0.25, -0.2) is 9.37 Å². The Kier molecular flexibility index (Phi) is 4.62. The molecule has 0 spiro atoms. The van der Waals surface area contributed by atoms with E-state index in [1.165, 1.54) is 16.8 Å². The predicted octanol–water partition coefficient (Wildman–Crippen LogP) is 3.48. The lowest BCUT2D eigenvalue weighted by atomic mass is 9.78. The van der Waals surface area contributed by atoms with Gasteiger partial charge in [-0.3, -0.25) is 4.79 Å². The molecule has 0 saturated carbocycles. The Balaban J connectivity index is 1.59. The Bertz CT molecular complexity index is 1450. The summed E-state index contributed by atoms with van der Waals surface area (Å²) in [5.41, 5.74) is 1.44. The minimum atomic E-state index is -1.11. The second kappa shape index (κ2) is 7.08. The summed E-state index contributed by atoms with van der Waals surface area (Å²) >= 11 is 0. The van der Waals surface area contributed by atoms with Crippen molar-refractivity contribution >= 4 is 22.1 Å². The van der Waals surface area contributed by atoms with Crippen molar-refractivity contribution < 1.29 is 9.50 Å². The number of aryl methyl sites for hydroxylation is 1. The fraction of sp³-hybridized carbons (Fsp3) is 0.417. The normalized spacial score (nSPS) is 22.1. The molecule has 172 valence electrons. The number of alkyl halides is 1. The highest BCUT2D eigenvalue weighted by Gasteiger charge is 2.47. The SMILES string of the molecule is Cn1c(=O)cnc2cc(-c3cc4ccn([C@H]5CC(C)(C)NC(C)(C)[C@H]5F)c4nn3)c(O)cc21. The number of hydrogen-bond donors (Lipinski definition) is 2. The highest BCUT2D eigenvalue weighted by Crippen LogP contribution is 2.40. The Morgan fingerprint density at radius 3 is 2.70 bits per heavy atom. The number of nitrogens with one attached hydrogen (secondary N) is 1.